The molecule has 0 radical (unpaired) electrons. The Kier molecular flexibility index (Phi) is 5.43. The Balaban J connectivity index is 1.27. The monoisotopic (exact) mass is 346 g/mol. The van der Waals surface area contributed by atoms with Crippen molar-refractivity contribution in [2.75, 3.05) is 0 Å². The van der Waals surface area contributed by atoms with Crippen LogP contribution < -0.4 is 0 Å². The van der Waals surface area contributed by atoms with Crippen LogP contribution in [0.4, 0.5) is 8.78 Å². The van der Waals surface area contributed by atoms with Gasteiger partial charge in [-0.25, -0.2) is 8.78 Å². The van der Waals surface area contributed by atoms with Crippen molar-refractivity contribution in [3.8, 4) is 0 Å². The maximum atomic E-state index is 13.5. The van der Waals surface area contributed by atoms with Gasteiger partial charge >= 0.3 is 0 Å². The second kappa shape index (κ2) is 7.76. The molecule has 0 atom stereocenters. The number of hydrogen-bond donors (Lipinski definition) is 0. The molecule has 0 unspecified atom stereocenters. The van der Waals surface area contributed by atoms with Crippen LogP contribution in [0.5, 0.6) is 0 Å². The van der Waals surface area contributed by atoms with E-state index in [0.29, 0.717) is 5.92 Å². The standard InChI is InChI=1S/C23H32F2/c24-22-14-13-21(15-23(22)25)20-11-9-19(10-12-20)18-7-5-17(6-8-18)16-3-1-2-4-16/h13-20H,1-12H2. The zero-order valence-electron chi connectivity index (χ0n) is 15.4. The van der Waals surface area contributed by atoms with Crippen molar-refractivity contribution in [1.82, 2.24) is 0 Å². The van der Waals surface area contributed by atoms with Crippen LogP contribution in [0.25, 0.3) is 0 Å². The molecular formula is C23H32F2. The number of benzene rings is 1. The van der Waals surface area contributed by atoms with Crippen LogP contribution in [0.3, 0.4) is 0 Å². The third-order valence-corrected chi connectivity index (χ3v) is 7.74. The van der Waals surface area contributed by atoms with E-state index in [-0.39, 0.29) is 0 Å². The van der Waals surface area contributed by atoms with Crippen molar-refractivity contribution in [3.63, 3.8) is 0 Å². The van der Waals surface area contributed by atoms with Crippen molar-refractivity contribution in [1.29, 1.82) is 0 Å². The Morgan fingerprint density at radius 1 is 0.560 bits per heavy atom. The lowest BCUT2D eigenvalue weighted by molar-refractivity contribution is 0.135. The fourth-order valence-electron chi connectivity index (χ4n) is 6.21. The average molecular weight is 347 g/mol. The maximum absolute atomic E-state index is 13.5. The third-order valence-electron chi connectivity index (χ3n) is 7.74. The third kappa shape index (κ3) is 3.93. The number of hydrogen-bond acceptors (Lipinski definition) is 0. The summed E-state index contributed by atoms with van der Waals surface area (Å²) in [5.41, 5.74) is 1.00. The molecule has 2 heteroatoms. The van der Waals surface area contributed by atoms with Gasteiger partial charge in [0.15, 0.2) is 11.6 Å². The molecule has 3 aliphatic rings. The molecule has 25 heavy (non-hydrogen) atoms. The van der Waals surface area contributed by atoms with Gasteiger partial charge in [0, 0.05) is 0 Å². The maximum Gasteiger partial charge on any atom is 0.159 e. The van der Waals surface area contributed by atoms with E-state index >= 15 is 0 Å². The minimum atomic E-state index is -0.726. The second-order valence-electron chi connectivity index (χ2n) is 9.00. The molecule has 0 aliphatic heterocycles. The highest BCUT2D eigenvalue weighted by atomic mass is 19.2. The Morgan fingerprint density at radius 2 is 1.04 bits per heavy atom. The molecule has 3 fully saturated rings. The summed E-state index contributed by atoms with van der Waals surface area (Å²) in [6.45, 7) is 0. The fraction of sp³-hybridized carbons (Fsp3) is 0.739. The van der Waals surface area contributed by atoms with Gasteiger partial charge in [0.05, 0.1) is 0 Å². The Labute approximate surface area is 151 Å². The van der Waals surface area contributed by atoms with Gasteiger partial charge in [-0.3, -0.25) is 0 Å². The normalized spacial score (nSPS) is 34.3. The summed E-state index contributed by atoms with van der Waals surface area (Å²) in [6, 6.07) is 4.50. The van der Waals surface area contributed by atoms with E-state index < -0.39 is 11.6 Å². The van der Waals surface area contributed by atoms with Gasteiger partial charge in [-0.05, 0) is 98.7 Å². The van der Waals surface area contributed by atoms with Crippen molar-refractivity contribution >= 4 is 0 Å². The number of rotatable bonds is 3. The predicted octanol–water partition coefficient (Wildman–Crippen LogP) is 7.24. The van der Waals surface area contributed by atoms with Crippen LogP contribution in [0.1, 0.15) is 88.5 Å². The lowest BCUT2D eigenvalue weighted by Gasteiger charge is -2.39. The zero-order valence-corrected chi connectivity index (χ0v) is 15.4. The summed E-state index contributed by atoms with van der Waals surface area (Å²) in [4.78, 5) is 0. The zero-order chi connectivity index (χ0) is 17.2. The smallest absolute Gasteiger partial charge is 0.159 e. The van der Waals surface area contributed by atoms with Crippen LogP contribution in [0.15, 0.2) is 18.2 Å². The van der Waals surface area contributed by atoms with Gasteiger partial charge in [0.25, 0.3) is 0 Å². The van der Waals surface area contributed by atoms with Crippen molar-refractivity contribution in [2.24, 2.45) is 23.7 Å². The summed E-state index contributed by atoms with van der Waals surface area (Å²) in [6.07, 6.45) is 16.6. The Morgan fingerprint density at radius 3 is 1.56 bits per heavy atom. The SMILES string of the molecule is Fc1ccc(C2CCC(C3CCC(C4CCCC4)CC3)CC2)cc1F. The van der Waals surface area contributed by atoms with Gasteiger partial charge in [0.1, 0.15) is 0 Å². The molecule has 0 saturated heterocycles. The van der Waals surface area contributed by atoms with Gasteiger partial charge in [-0.2, -0.15) is 0 Å². The minimum absolute atomic E-state index is 0.432. The Bertz CT molecular complexity index is 559. The average Bonchev–Trinajstić information content (AvgIpc) is 3.19. The molecule has 4 rings (SSSR count). The van der Waals surface area contributed by atoms with E-state index in [1.165, 1.54) is 76.3 Å². The van der Waals surface area contributed by atoms with Crippen LogP contribution >= 0.6 is 0 Å². The first-order valence-corrected chi connectivity index (χ1v) is 10.7. The van der Waals surface area contributed by atoms with E-state index in [4.69, 9.17) is 0 Å². The van der Waals surface area contributed by atoms with Crippen LogP contribution in [0, 0.1) is 35.3 Å². The first kappa shape index (κ1) is 17.5. The van der Waals surface area contributed by atoms with E-state index in [2.05, 4.69) is 0 Å². The second-order valence-corrected chi connectivity index (χ2v) is 9.00. The molecule has 0 N–H and O–H groups in total. The van der Waals surface area contributed by atoms with E-state index in [0.717, 1.165) is 42.1 Å². The molecule has 1 aromatic rings. The van der Waals surface area contributed by atoms with Crippen LogP contribution in [0.2, 0.25) is 0 Å². The fourth-order valence-corrected chi connectivity index (χ4v) is 6.21. The van der Waals surface area contributed by atoms with E-state index in [1.807, 2.05) is 0 Å². The molecule has 0 spiro atoms. The van der Waals surface area contributed by atoms with Crippen molar-refractivity contribution < 1.29 is 8.78 Å². The Hall–Kier alpha value is -0.920. The summed E-state index contributed by atoms with van der Waals surface area (Å²) in [5, 5.41) is 0. The topological polar surface area (TPSA) is 0 Å². The highest BCUT2D eigenvalue weighted by Gasteiger charge is 2.34. The lowest BCUT2D eigenvalue weighted by atomic mass is 9.66. The summed E-state index contributed by atoms with van der Waals surface area (Å²) < 4.78 is 26.6. The molecule has 0 bridgehead atoms. The summed E-state index contributed by atoms with van der Waals surface area (Å²) in [5.74, 6) is 2.90. The molecule has 138 valence electrons. The molecule has 0 amide bonds. The first-order chi connectivity index (χ1) is 12.2. The van der Waals surface area contributed by atoms with Crippen molar-refractivity contribution in [3.05, 3.63) is 35.4 Å². The number of halogens is 2. The largest absolute Gasteiger partial charge is 0.204 e. The van der Waals surface area contributed by atoms with Gasteiger partial charge in [-0.1, -0.05) is 31.7 Å². The van der Waals surface area contributed by atoms with Crippen LogP contribution in [-0.2, 0) is 0 Å². The highest BCUT2D eigenvalue weighted by Crippen LogP contribution is 2.47. The molecule has 1 aromatic carbocycles. The van der Waals surface area contributed by atoms with Crippen LogP contribution in [-0.4, -0.2) is 0 Å². The van der Waals surface area contributed by atoms with Gasteiger partial charge in [-0.15, -0.1) is 0 Å². The quantitative estimate of drug-likeness (QED) is 0.541. The molecular weight excluding hydrogens is 314 g/mol. The lowest BCUT2D eigenvalue weighted by Crippen LogP contribution is -2.27. The first-order valence-electron chi connectivity index (χ1n) is 10.7. The van der Waals surface area contributed by atoms with Crippen molar-refractivity contribution in [2.45, 2.75) is 83.0 Å². The predicted molar refractivity (Wildman–Crippen MR) is 98.5 cm³/mol. The molecule has 3 saturated carbocycles. The summed E-state index contributed by atoms with van der Waals surface area (Å²) in [7, 11) is 0. The molecule has 0 aromatic heterocycles. The highest BCUT2D eigenvalue weighted by molar-refractivity contribution is 5.22. The molecule has 0 nitrogen and oxygen atoms in total. The van der Waals surface area contributed by atoms with E-state index in [9.17, 15) is 8.78 Å². The minimum Gasteiger partial charge on any atom is -0.204 e. The van der Waals surface area contributed by atoms with Gasteiger partial charge in [0.2, 0.25) is 0 Å². The summed E-state index contributed by atoms with van der Waals surface area (Å²) >= 11 is 0. The molecule has 3 aliphatic carbocycles. The molecule has 0 heterocycles. The van der Waals surface area contributed by atoms with Gasteiger partial charge < -0.3 is 0 Å². The van der Waals surface area contributed by atoms with E-state index in [1.54, 1.807) is 6.07 Å².